The lowest BCUT2D eigenvalue weighted by molar-refractivity contribution is 0.0747. The number of aromatic nitrogens is 2. The molecular formula is C25H37N5O4. The van der Waals surface area contributed by atoms with Crippen molar-refractivity contribution in [1.82, 2.24) is 20.2 Å². The molecule has 3 atom stereocenters. The van der Waals surface area contributed by atoms with Crippen LogP contribution in [0.5, 0.6) is 11.5 Å². The number of benzene rings is 1. The standard InChI is InChI=1S/C25H37N5O4/c1-16(18-8-6-7-9-26-18)34-21-13-19-17(12-20(21)33-5)23(28-15-27-19)29-10-11-30(24(31)32)22(14-29)25(2,3)4/h12-13,15-16,18,22,26H,6-11,14H2,1-5H3,(H,31,32). The van der Waals surface area contributed by atoms with Crippen molar-refractivity contribution in [3.63, 3.8) is 0 Å². The minimum absolute atomic E-state index is 0.00426. The zero-order valence-corrected chi connectivity index (χ0v) is 20.9. The first-order valence-electron chi connectivity index (χ1n) is 12.2. The Labute approximate surface area is 201 Å². The average Bonchev–Trinajstić information content (AvgIpc) is 2.82. The first kappa shape index (κ1) is 24.3. The van der Waals surface area contributed by atoms with Crippen LogP contribution in [0, 0.1) is 5.41 Å². The smallest absolute Gasteiger partial charge is 0.407 e. The van der Waals surface area contributed by atoms with Gasteiger partial charge in [0.15, 0.2) is 11.5 Å². The summed E-state index contributed by atoms with van der Waals surface area (Å²) < 4.78 is 12.0. The number of piperidine rings is 1. The fraction of sp³-hybridized carbons (Fsp3) is 0.640. The number of piperazine rings is 1. The third-order valence-electron chi connectivity index (χ3n) is 7.05. The summed E-state index contributed by atoms with van der Waals surface area (Å²) in [6.07, 6.45) is 4.21. The topological polar surface area (TPSA) is 100 Å². The van der Waals surface area contributed by atoms with Gasteiger partial charge in [0, 0.05) is 37.1 Å². The van der Waals surface area contributed by atoms with E-state index in [1.54, 1.807) is 18.3 Å². The summed E-state index contributed by atoms with van der Waals surface area (Å²) in [5, 5.41) is 14.1. The van der Waals surface area contributed by atoms with Crippen LogP contribution in [0.3, 0.4) is 0 Å². The quantitative estimate of drug-likeness (QED) is 0.680. The molecule has 1 aromatic heterocycles. The molecule has 9 heteroatoms. The van der Waals surface area contributed by atoms with Gasteiger partial charge < -0.3 is 29.7 Å². The Morgan fingerprint density at radius 2 is 2.00 bits per heavy atom. The summed E-state index contributed by atoms with van der Waals surface area (Å²) in [6.45, 7) is 10.9. The number of methoxy groups -OCH3 is 1. The van der Waals surface area contributed by atoms with Crippen LogP contribution in [-0.4, -0.2) is 77.5 Å². The third-order valence-corrected chi connectivity index (χ3v) is 7.05. The van der Waals surface area contributed by atoms with E-state index in [9.17, 15) is 9.90 Å². The van der Waals surface area contributed by atoms with Gasteiger partial charge in [-0.2, -0.15) is 0 Å². The van der Waals surface area contributed by atoms with E-state index >= 15 is 0 Å². The molecule has 34 heavy (non-hydrogen) atoms. The molecule has 2 saturated heterocycles. The second kappa shape index (κ2) is 9.82. The lowest BCUT2D eigenvalue weighted by Gasteiger charge is -2.46. The van der Waals surface area contributed by atoms with Gasteiger partial charge in [-0.1, -0.05) is 27.2 Å². The van der Waals surface area contributed by atoms with E-state index in [0.29, 0.717) is 37.2 Å². The van der Waals surface area contributed by atoms with Crippen LogP contribution in [0.25, 0.3) is 10.9 Å². The molecule has 3 heterocycles. The maximum Gasteiger partial charge on any atom is 0.407 e. The number of carbonyl (C=O) groups is 1. The zero-order valence-electron chi connectivity index (χ0n) is 20.9. The van der Waals surface area contributed by atoms with Crippen molar-refractivity contribution >= 4 is 22.8 Å². The Kier molecular flexibility index (Phi) is 7.02. The molecule has 186 valence electrons. The van der Waals surface area contributed by atoms with Crippen molar-refractivity contribution in [2.24, 2.45) is 5.41 Å². The Hall–Kier alpha value is -2.81. The van der Waals surface area contributed by atoms with Gasteiger partial charge in [-0.15, -0.1) is 0 Å². The number of nitrogens with one attached hydrogen (secondary N) is 1. The summed E-state index contributed by atoms with van der Waals surface area (Å²) in [5.41, 5.74) is 0.569. The Morgan fingerprint density at radius 1 is 1.21 bits per heavy atom. The van der Waals surface area contributed by atoms with Crippen molar-refractivity contribution in [3.05, 3.63) is 18.5 Å². The lowest BCUT2D eigenvalue weighted by Crippen LogP contribution is -2.59. The molecule has 2 fully saturated rings. The van der Waals surface area contributed by atoms with E-state index in [1.165, 1.54) is 12.8 Å². The monoisotopic (exact) mass is 471 g/mol. The largest absolute Gasteiger partial charge is 0.493 e. The summed E-state index contributed by atoms with van der Waals surface area (Å²) in [6, 6.07) is 4.02. The molecule has 0 aliphatic carbocycles. The summed E-state index contributed by atoms with van der Waals surface area (Å²) in [4.78, 5) is 24.7. The first-order chi connectivity index (χ1) is 16.2. The Balaban J connectivity index is 1.64. The van der Waals surface area contributed by atoms with Gasteiger partial charge >= 0.3 is 6.09 Å². The molecule has 4 rings (SSSR count). The summed E-state index contributed by atoms with van der Waals surface area (Å²) >= 11 is 0. The molecule has 0 bridgehead atoms. The van der Waals surface area contributed by atoms with Crippen molar-refractivity contribution < 1.29 is 19.4 Å². The molecule has 9 nitrogen and oxygen atoms in total. The van der Waals surface area contributed by atoms with Crippen LogP contribution in [0.1, 0.15) is 47.0 Å². The summed E-state index contributed by atoms with van der Waals surface area (Å²) in [7, 11) is 1.64. The minimum Gasteiger partial charge on any atom is -0.493 e. The molecule has 2 aliphatic rings. The van der Waals surface area contributed by atoms with Gasteiger partial charge in [-0.25, -0.2) is 14.8 Å². The maximum atomic E-state index is 11.8. The molecule has 1 amide bonds. The van der Waals surface area contributed by atoms with Crippen LogP contribution in [-0.2, 0) is 0 Å². The van der Waals surface area contributed by atoms with Gasteiger partial charge in [-0.3, -0.25) is 0 Å². The molecule has 3 unspecified atom stereocenters. The highest BCUT2D eigenvalue weighted by Gasteiger charge is 2.38. The zero-order chi connectivity index (χ0) is 24.5. The van der Waals surface area contributed by atoms with Crippen LogP contribution in [0.15, 0.2) is 18.5 Å². The number of ether oxygens (including phenoxy) is 2. The van der Waals surface area contributed by atoms with Gasteiger partial charge in [0.05, 0.1) is 18.7 Å². The van der Waals surface area contributed by atoms with Crippen molar-refractivity contribution in [2.45, 2.75) is 65.1 Å². The van der Waals surface area contributed by atoms with Crippen LogP contribution < -0.4 is 19.7 Å². The Morgan fingerprint density at radius 3 is 2.65 bits per heavy atom. The third kappa shape index (κ3) is 4.99. The van der Waals surface area contributed by atoms with E-state index < -0.39 is 6.09 Å². The maximum absolute atomic E-state index is 11.8. The average molecular weight is 472 g/mol. The Bertz CT molecular complexity index is 1020. The van der Waals surface area contributed by atoms with Gasteiger partial charge in [0.25, 0.3) is 0 Å². The molecule has 2 aromatic rings. The van der Waals surface area contributed by atoms with E-state index in [4.69, 9.17) is 9.47 Å². The SMILES string of the molecule is COc1cc2c(N3CCN(C(=O)O)C(C(C)(C)C)C3)ncnc2cc1OC(C)C1CCCCN1. The van der Waals surface area contributed by atoms with Crippen molar-refractivity contribution in [2.75, 3.05) is 38.2 Å². The number of carboxylic acid groups (broad SMARTS) is 1. The van der Waals surface area contributed by atoms with Crippen molar-refractivity contribution in [1.29, 1.82) is 0 Å². The molecule has 2 N–H and O–H groups in total. The molecule has 0 radical (unpaired) electrons. The normalized spacial score (nSPS) is 22.5. The van der Waals surface area contributed by atoms with Gasteiger partial charge in [0.1, 0.15) is 18.2 Å². The van der Waals surface area contributed by atoms with Crippen LogP contribution in [0.4, 0.5) is 10.6 Å². The summed E-state index contributed by atoms with van der Waals surface area (Å²) in [5.74, 6) is 2.10. The number of nitrogens with zero attached hydrogens (tertiary/aromatic N) is 4. The first-order valence-corrected chi connectivity index (χ1v) is 12.2. The highest BCUT2D eigenvalue weighted by Crippen LogP contribution is 2.37. The minimum atomic E-state index is -0.878. The second-order valence-corrected chi connectivity index (χ2v) is 10.4. The van der Waals surface area contributed by atoms with Crippen LogP contribution in [0.2, 0.25) is 0 Å². The molecular weight excluding hydrogens is 434 g/mol. The molecule has 0 spiro atoms. The predicted octanol–water partition coefficient (Wildman–Crippen LogP) is 3.76. The lowest BCUT2D eigenvalue weighted by atomic mass is 9.84. The van der Waals surface area contributed by atoms with Gasteiger partial charge in [0.2, 0.25) is 0 Å². The molecule has 1 aromatic carbocycles. The van der Waals surface area contributed by atoms with E-state index in [0.717, 1.165) is 29.7 Å². The number of anilines is 1. The molecule has 2 aliphatic heterocycles. The van der Waals surface area contributed by atoms with E-state index in [2.05, 4.69) is 47.9 Å². The highest BCUT2D eigenvalue weighted by molar-refractivity contribution is 5.92. The number of hydrogen-bond donors (Lipinski definition) is 2. The predicted molar refractivity (Wildman–Crippen MR) is 132 cm³/mol. The molecule has 0 saturated carbocycles. The van der Waals surface area contributed by atoms with E-state index in [-0.39, 0.29) is 17.6 Å². The fourth-order valence-electron chi connectivity index (χ4n) is 5.06. The number of rotatable bonds is 5. The number of amides is 1. The second-order valence-electron chi connectivity index (χ2n) is 10.4. The van der Waals surface area contributed by atoms with Gasteiger partial charge in [-0.05, 0) is 37.8 Å². The number of fused-ring (bicyclic) bond motifs is 1. The van der Waals surface area contributed by atoms with Crippen LogP contribution >= 0.6 is 0 Å². The highest BCUT2D eigenvalue weighted by atomic mass is 16.5. The fourth-order valence-corrected chi connectivity index (χ4v) is 5.06. The number of hydrogen-bond acceptors (Lipinski definition) is 7. The van der Waals surface area contributed by atoms with Crippen molar-refractivity contribution in [3.8, 4) is 11.5 Å². The van der Waals surface area contributed by atoms with E-state index in [1.807, 2.05) is 12.1 Å².